The SMILES string of the molecule is C/C(Cc1ccc(OCc2ncccc2C)cc1)=N/O. The van der Waals surface area contributed by atoms with Gasteiger partial charge in [-0.1, -0.05) is 23.4 Å². The molecule has 1 N–H and O–H groups in total. The molecule has 0 aliphatic carbocycles. The van der Waals surface area contributed by atoms with Crippen LogP contribution in [0, 0.1) is 6.92 Å². The minimum absolute atomic E-state index is 0.461. The molecule has 1 aromatic carbocycles. The second-order valence-corrected chi connectivity index (χ2v) is 4.71. The van der Waals surface area contributed by atoms with E-state index < -0.39 is 0 Å². The van der Waals surface area contributed by atoms with Crippen molar-refractivity contribution in [3.8, 4) is 5.75 Å². The van der Waals surface area contributed by atoms with Crippen LogP contribution in [0.25, 0.3) is 0 Å². The van der Waals surface area contributed by atoms with Gasteiger partial charge in [-0.2, -0.15) is 0 Å². The number of hydrogen-bond acceptors (Lipinski definition) is 4. The van der Waals surface area contributed by atoms with E-state index in [4.69, 9.17) is 9.94 Å². The molecule has 0 atom stereocenters. The summed E-state index contributed by atoms with van der Waals surface area (Å²) >= 11 is 0. The van der Waals surface area contributed by atoms with E-state index in [1.807, 2.05) is 43.3 Å². The number of pyridine rings is 1. The molecule has 4 heteroatoms. The molecule has 0 saturated carbocycles. The second kappa shape index (κ2) is 6.70. The predicted octanol–water partition coefficient (Wildman–Crippen LogP) is 3.36. The summed E-state index contributed by atoms with van der Waals surface area (Å²) in [6.07, 6.45) is 2.40. The zero-order valence-electron chi connectivity index (χ0n) is 11.7. The first-order valence-electron chi connectivity index (χ1n) is 6.49. The Balaban J connectivity index is 1.96. The quantitative estimate of drug-likeness (QED) is 0.515. The summed E-state index contributed by atoms with van der Waals surface area (Å²) in [4.78, 5) is 4.29. The highest BCUT2D eigenvalue weighted by atomic mass is 16.5. The molecule has 2 aromatic rings. The van der Waals surface area contributed by atoms with Gasteiger partial charge >= 0.3 is 0 Å². The molecular weight excluding hydrogens is 252 g/mol. The molecule has 0 aliphatic heterocycles. The van der Waals surface area contributed by atoms with Crippen molar-refractivity contribution in [2.75, 3.05) is 0 Å². The Morgan fingerprint density at radius 2 is 2.00 bits per heavy atom. The normalized spacial score (nSPS) is 11.4. The molecule has 0 amide bonds. The van der Waals surface area contributed by atoms with Crippen LogP contribution in [0.15, 0.2) is 47.8 Å². The average molecular weight is 270 g/mol. The highest BCUT2D eigenvalue weighted by Gasteiger charge is 2.01. The molecule has 0 bridgehead atoms. The lowest BCUT2D eigenvalue weighted by Gasteiger charge is -2.08. The van der Waals surface area contributed by atoms with E-state index in [9.17, 15) is 0 Å². The maximum atomic E-state index is 8.64. The molecule has 104 valence electrons. The van der Waals surface area contributed by atoms with Crippen molar-refractivity contribution < 1.29 is 9.94 Å². The van der Waals surface area contributed by atoms with E-state index in [0.29, 0.717) is 18.7 Å². The van der Waals surface area contributed by atoms with Gasteiger partial charge in [-0.15, -0.1) is 0 Å². The summed E-state index contributed by atoms with van der Waals surface area (Å²) in [6, 6.07) is 11.7. The van der Waals surface area contributed by atoms with E-state index in [-0.39, 0.29) is 0 Å². The number of nitrogens with zero attached hydrogens (tertiary/aromatic N) is 2. The standard InChI is InChI=1S/C16H18N2O2/c1-12-4-3-9-17-16(12)11-20-15-7-5-14(6-8-15)10-13(2)18-19/h3-9,19H,10-11H2,1-2H3/b18-13-. The Morgan fingerprint density at radius 3 is 2.65 bits per heavy atom. The van der Waals surface area contributed by atoms with Gasteiger partial charge in [0.15, 0.2) is 0 Å². The van der Waals surface area contributed by atoms with E-state index >= 15 is 0 Å². The van der Waals surface area contributed by atoms with Crippen LogP contribution in [0.1, 0.15) is 23.7 Å². The Labute approximate surface area is 118 Å². The summed E-state index contributed by atoms with van der Waals surface area (Å²) in [6.45, 7) is 4.27. The van der Waals surface area contributed by atoms with Gasteiger partial charge in [0.25, 0.3) is 0 Å². The van der Waals surface area contributed by atoms with Crippen LogP contribution >= 0.6 is 0 Å². The van der Waals surface area contributed by atoms with Gasteiger partial charge < -0.3 is 9.94 Å². The van der Waals surface area contributed by atoms with Crippen LogP contribution in [-0.2, 0) is 13.0 Å². The molecule has 0 radical (unpaired) electrons. The fourth-order valence-electron chi connectivity index (χ4n) is 1.86. The first-order valence-corrected chi connectivity index (χ1v) is 6.49. The molecule has 0 unspecified atom stereocenters. The van der Waals surface area contributed by atoms with E-state index in [0.717, 1.165) is 22.6 Å². The number of hydrogen-bond donors (Lipinski definition) is 1. The molecule has 0 saturated heterocycles. The molecule has 0 spiro atoms. The Kier molecular flexibility index (Phi) is 4.71. The van der Waals surface area contributed by atoms with Crippen LogP contribution in [0.3, 0.4) is 0 Å². The van der Waals surface area contributed by atoms with Gasteiger partial charge in [0, 0.05) is 12.6 Å². The smallest absolute Gasteiger partial charge is 0.130 e. The predicted molar refractivity (Wildman–Crippen MR) is 78.3 cm³/mol. The lowest BCUT2D eigenvalue weighted by molar-refractivity contribution is 0.300. The third-order valence-corrected chi connectivity index (χ3v) is 3.05. The monoisotopic (exact) mass is 270 g/mol. The van der Waals surface area contributed by atoms with Gasteiger partial charge in [-0.25, -0.2) is 0 Å². The van der Waals surface area contributed by atoms with Crippen molar-refractivity contribution in [2.45, 2.75) is 26.9 Å². The molecule has 0 fully saturated rings. The maximum absolute atomic E-state index is 8.64. The number of ether oxygens (including phenoxy) is 1. The number of aryl methyl sites for hydroxylation is 1. The molecule has 20 heavy (non-hydrogen) atoms. The first kappa shape index (κ1) is 14.1. The van der Waals surface area contributed by atoms with Crippen LogP contribution in [-0.4, -0.2) is 15.9 Å². The van der Waals surface area contributed by atoms with Gasteiger partial charge in [-0.3, -0.25) is 4.98 Å². The zero-order chi connectivity index (χ0) is 14.4. The average Bonchev–Trinajstić information content (AvgIpc) is 2.48. The number of rotatable bonds is 5. The zero-order valence-corrected chi connectivity index (χ0v) is 11.7. The maximum Gasteiger partial charge on any atom is 0.130 e. The summed E-state index contributed by atoms with van der Waals surface area (Å²) < 4.78 is 5.72. The van der Waals surface area contributed by atoms with Gasteiger partial charge in [0.1, 0.15) is 12.4 Å². The minimum Gasteiger partial charge on any atom is -0.487 e. The summed E-state index contributed by atoms with van der Waals surface area (Å²) in [5.41, 5.74) is 3.84. The Bertz CT molecular complexity index is 592. The van der Waals surface area contributed by atoms with Crippen LogP contribution in [0.2, 0.25) is 0 Å². The highest BCUT2D eigenvalue weighted by Crippen LogP contribution is 2.15. The van der Waals surface area contributed by atoms with Crippen LogP contribution in [0.5, 0.6) is 5.75 Å². The van der Waals surface area contributed by atoms with E-state index in [1.54, 1.807) is 13.1 Å². The molecule has 1 heterocycles. The molecule has 4 nitrogen and oxygen atoms in total. The van der Waals surface area contributed by atoms with Crippen molar-refractivity contribution in [1.82, 2.24) is 4.98 Å². The molecule has 2 rings (SSSR count). The third kappa shape index (κ3) is 3.82. The summed E-state index contributed by atoms with van der Waals surface area (Å²) in [7, 11) is 0. The van der Waals surface area contributed by atoms with Gasteiger partial charge in [0.05, 0.1) is 11.4 Å². The van der Waals surface area contributed by atoms with Gasteiger partial charge in [0.2, 0.25) is 0 Å². The van der Waals surface area contributed by atoms with Crippen molar-refractivity contribution in [2.24, 2.45) is 5.16 Å². The Hall–Kier alpha value is -2.36. The fraction of sp³-hybridized carbons (Fsp3) is 0.250. The number of oxime groups is 1. The van der Waals surface area contributed by atoms with Crippen LogP contribution < -0.4 is 4.74 Å². The number of aromatic nitrogens is 1. The van der Waals surface area contributed by atoms with Crippen molar-refractivity contribution in [3.05, 3.63) is 59.4 Å². The first-order chi connectivity index (χ1) is 9.69. The lowest BCUT2D eigenvalue weighted by Crippen LogP contribution is -2.01. The number of benzene rings is 1. The largest absolute Gasteiger partial charge is 0.487 e. The van der Waals surface area contributed by atoms with Crippen molar-refractivity contribution in [3.63, 3.8) is 0 Å². The summed E-state index contributed by atoms with van der Waals surface area (Å²) in [5, 5.41) is 11.8. The third-order valence-electron chi connectivity index (χ3n) is 3.05. The van der Waals surface area contributed by atoms with E-state index in [1.165, 1.54) is 0 Å². The Morgan fingerprint density at radius 1 is 1.25 bits per heavy atom. The van der Waals surface area contributed by atoms with Crippen molar-refractivity contribution >= 4 is 5.71 Å². The summed E-state index contributed by atoms with van der Waals surface area (Å²) in [5.74, 6) is 0.803. The van der Waals surface area contributed by atoms with Crippen molar-refractivity contribution in [1.29, 1.82) is 0 Å². The molecule has 1 aromatic heterocycles. The molecular formula is C16H18N2O2. The molecule has 0 aliphatic rings. The lowest BCUT2D eigenvalue weighted by atomic mass is 10.1. The topological polar surface area (TPSA) is 54.7 Å². The minimum atomic E-state index is 0.461. The van der Waals surface area contributed by atoms with E-state index in [2.05, 4.69) is 10.1 Å². The fourth-order valence-corrected chi connectivity index (χ4v) is 1.86. The van der Waals surface area contributed by atoms with Gasteiger partial charge in [-0.05, 0) is 43.2 Å². The van der Waals surface area contributed by atoms with Crippen LogP contribution in [0.4, 0.5) is 0 Å². The second-order valence-electron chi connectivity index (χ2n) is 4.71. The highest BCUT2D eigenvalue weighted by molar-refractivity contribution is 5.83.